The van der Waals surface area contributed by atoms with Crippen LogP contribution in [0.4, 0.5) is 0 Å². The molecule has 1 atom stereocenters. The average molecular weight is 354 g/mol. The van der Waals surface area contributed by atoms with E-state index < -0.39 is 11.6 Å². The Kier molecular flexibility index (Phi) is 5.23. The van der Waals surface area contributed by atoms with E-state index in [0.717, 1.165) is 10.7 Å². The van der Waals surface area contributed by atoms with Crippen LogP contribution in [0.1, 0.15) is 25.3 Å². The van der Waals surface area contributed by atoms with E-state index in [1.54, 1.807) is 43.5 Å². The number of carbonyl (C=O) groups is 1. The Morgan fingerprint density at radius 3 is 2.46 bits per heavy atom. The molecule has 26 heavy (non-hydrogen) atoms. The van der Waals surface area contributed by atoms with Crippen molar-refractivity contribution in [2.45, 2.75) is 25.5 Å². The van der Waals surface area contributed by atoms with Gasteiger partial charge >= 0.3 is 0 Å². The van der Waals surface area contributed by atoms with Crippen LogP contribution in [0.3, 0.4) is 0 Å². The van der Waals surface area contributed by atoms with Crippen LogP contribution >= 0.6 is 0 Å². The molecule has 0 saturated carbocycles. The lowest BCUT2D eigenvalue weighted by Crippen LogP contribution is -2.45. The summed E-state index contributed by atoms with van der Waals surface area (Å²) in [6.45, 7) is 1.74. The van der Waals surface area contributed by atoms with E-state index >= 15 is 0 Å². The molecular formula is C20H22N2O4. The second kappa shape index (κ2) is 7.58. The highest BCUT2D eigenvalue weighted by Crippen LogP contribution is 2.36. The standard InChI is InChI=1S/C20H22N2O4/c1-3-16-13-20(24,15-9-11-17(25-2)12-10-15)22(21-16)19(23)14-26-18-7-5-4-6-8-18/h4-12,24H,3,13-14H2,1-2H3. The molecule has 0 saturated heterocycles. The number of methoxy groups -OCH3 is 1. The van der Waals surface area contributed by atoms with Crippen molar-refractivity contribution in [1.82, 2.24) is 5.01 Å². The number of hydrazone groups is 1. The number of hydrogen-bond acceptors (Lipinski definition) is 5. The van der Waals surface area contributed by atoms with E-state index in [1.807, 2.05) is 25.1 Å². The fourth-order valence-corrected chi connectivity index (χ4v) is 2.88. The molecule has 136 valence electrons. The fourth-order valence-electron chi connectivity index (χ4n) is 2.88. The molecular weight excluding hydrogens is 332 g/mol. The third-order valence-electron chi connectivity index (χ3n) is 4.34. The normalized spacial score (nSPS) is 19.2. The van der Waals surface area contributed by atoms with Gasteiger partial charge in [-0.25, -0.2) is 0 Å². The lowest BCUT2D eigenvalue weighted by molar-refractivity contribution is -0.159. The molecule has 1 amide bonds. The van der Waals surface area contributed by atoms with Gasteiger partial charge in [0.25, 0.3) is 5.91 Å². The van der Waals surface area contributed by atoms with E-state index in [-0.39, 0.29) is 13.0 Å². The van der Waals surface area contributed by atoms with Crippen molar-refractivity contribution in [3.05, 3.63) is 60.2 Å². The SMILES string of the molecule is CCC1=NN(C(=O)COc2ccccc2)C(O)(c2ccc(OC)cc2)C1. The third kappa shape index (κ3) is 3.55. The van der Waals surface area contributed by atoms with E-state index in [4.69, 9.17) is 9.47 Å². The highest BCUT2D eigenvalue weighted by molar-refractivity contribution is 5.91. The molecule has 2 aromatic carbocycles. The number of hydrogen-bond donors (Lipinski definition) is 1. The van der Waals surface area contributed by atoms with Crippen molar-refractivity contribution >= 4 is 11.6 Å². The summed E-state index contributed by atoms with van der Waals surface area (Å²) in [6, 6.07) is 16.1. The van der Waals surface area contributed by atoms with Crippen molar-refractivity contribution in [3.63, 3.8) is 0 Å². The quantitative estimate of drug-likeness (QED) is 0.866. The molecule has 0 bridgehead atoms. The summed E-state index contributed by atoms with van der Waals surface area (Å²) in [6.07, 6.45) is 0.925. The zero-order valence-corrected chi connectivity index (χ0v) is 14.9. The van der Waals surface area contributed by atoms with Crippen LogP contribution in [0.25, 0.3) is 0 Å². The van der Waals surface area contributed by atoms with Crippen LogP contribution in [-0.4, -0.2) is 35.5 Å². The number of aliphatic hydroxyl groups is 1. The Hall–Kier alpha value is -2.86. The van der Waals surface area contributed by atoms with Crippen molar-refractivity contribution < 1.29 is 19.4 Å². The first-order valence-electron chi connectivity index (χ1n) is 8.51. The van der Waals surface area contributed by atoms with Crippen LogP contribution < -0.4 is 9.47 Å². The molecule has 3 rings (SSSR count). The topological polar surface area (TPSA) is 71.4 Å². The molecule has 0 spiro atoms. The maximum atomic E-state index is 12.7. The second-order valence-corrected chi connectivity index (χ2v) is 6.05. The van der Waals surface area contributed by atoms with E-state index in [9.17, 15) is 9.90 Å². The molecule has 6 heteroatoms. The Morgan fingerprint density at radius 1 is 1.15 bits per heavy atom. The molecule has 0 radical (unpaired) electrons. The summed E-state index contributed by atoms with van der Waals surface area (Å²) in [5.74, 6) is 0.862. The van der Waals surface area contributed by atoms with Crippen LogP contribution in [0.15, 0.2) is 59.7 Å². The molecule has 1 aliphatic heterocycles. The summed E-state index contributed by atoms with van der Waals surface area (Å²) >= 11 is 0. The monoisotopic (exact) mass is 354 g/mol. The number of ether oxygens (including phenoxy) is 2. The molecule has 1 unspecified atom stereocenters. The van der Waals surface area contributed by atoms with Gasteiger partial charge in [0.2, 0.25) is 0 Å². The van der Waals surface area contributed by atoms with Crippen molar-refractivity contribution in [2.24, 2.45) is 5.10 Å². The second-order valence-electron chi connectivity index (χ2n) is 6.05. The number of para-hydroxylation sites is 1. The lowest BCUT2D eigenvalue weighted by atomic mass is 9.96. The summed E-state index contributed by atoms with van der Waals surface area (Å²) in [7, 11) is 1.58. The van der Waals surface area contributed by atoms with E-state index in [2.05, 4.69) is 5.10 Å². The number of rotatable bonds is 6. The van der Waals surface area contributed by atoms with Gasteiger partial charge in [-0.2, -0.15) is 10.1 Å². The van der Waals surface area contributed by atoms with Crippen LogP contribution in [0, 0.1) is 0 Å². The first kappa shape index (κ1) is 17.9. The highest BCUT2D eigenvalue weighted by Gasteiger charge is 2.45. The Bertz CT molecular complexity index is 789. The molecule has 2 aromatic rings. The van der Waals surface area contributed by atoms with Gasteiger partial charge in [0.15, 0.2) is 12.3 Å². The number of amides is 1. The van der Waals surface area contributed by atoms with Crippen LogP contribution in [0.2, 0.25) is 0 Å². The largest absolute Gasteiger partial charge is 0.497 e. The minimum atomic E-state index is -1.52. The van der Waals surface area contributed by atoms with Crippen LogP contribution in [0.5, 0.6) is 11.5 Å². The predicted octanol–water partition coefficient (Wildman–Crippen LogP) is 2.92. The van der Waals surface area contributed by atoms with Gasteiger partial charge in [-0.1, -0.05) is 37.3 Å². The summed E-state index contributed by atoms with van der Waals surface area (Å²) in [4.78, 5) is 12.7. The Labute approximate surface area is 152 Å². The number of carbonyl (C=O) groups excluding carboxylic acids is 1. The summed E-state index contributed by atoms with van der Waals surface area (Å²) in [5, 5.41) is 16.7. The highest BCUT2D eigenvalue weighted by atomic mass is 16.5. The number of nitrogens with zero attached hydrogens (tertiary/aromatic N) is 2. The molecule has 0 aliphatic carbocycles. The average Bonchev–Trinajstić information content (AvgIpc) is 3.05. The van der Waals surface area contributed by atoms with Gasteiger partial charge in [-0.3, -0.25) is 4.79 Å². The zero-order valence-electron chi connectivity index (χ0n) is 14.9. The molecule has 0 fully saturated rings. The molecule has 1 N–H and O–H groups in total. The van der Waals surface area contributed by atoms with Crippen molar-refractivity contribution in [2.75, 3.05) is 13.7 Å². The van der Waals surface area contributed by atoms with Crippen molar-refractivity contribution in [3.8, 4) is 11.5 Å². The first-order chi connectivity index (χ1) is 12.6. The number of benzene rings is 2. The van der Waals surface area contributed by atoms with E-state index in [0.29, 0.717) is 23.5 Å². The molecule has 0 aromatic heterocycles. The summed E-state index contributed by atoms with van der Waals surface area (Å²) in [5.41, 5.74) is -0.177. The first-order valence-corrected chi connectivity index (χ1v) is 8.51. The summed E-state index contributed by atoms with van der Waals surface area (Å²) < 4.78 is 10.7. The maximum Gasteiger partial charge on any atom is 0.283 e. The molecule has 6 nitrogen and oxygen atoms in total. The van der Waals surface area contributed by atoms with Gasteiger partial charge in [-0.15, -0.1) is 0 Å². The zero-order chi connectivity index (χ0) is 18.6. The van der Waals surface area contributed by atoms with Gasteiger partial charge in [-0.05, 0) is 30.7 Å². The maximum absolute atomic E-state index is 12.7. The fraction of sp³-hybridized carbons (Fsp3) is 0.300. The Balaban J connectivity index is 1.81. The minimum Gasteiger partial charge on any atom is -0.497 e. The van der Waals surface area contributed by atoms with E-state index in [1.165, 1.54) is 0 Å². The molecule has 1 aliphatic rings. The smallest absolute Gasteiger partial charge is 0.283 e. The van der Waals surface area contributed by atoms with Gasteiger partial charge in [0.05, 0.1) is 7.11 Å². The minimum absolute atomic E-state index is 0.205. The van der Waals surface area contributed by atoms with Crippen molar-refractivity contribution in [1.29, 1.82) is 0 Å². The molecule has 1 heterocycles. The Morgan fingerprint density at radius 2 is 1.85 bits per heavy atom. The van der Waals surface area contributed by atoms with Gasteiger partial charge in [0.1, 0.15) is 11.5 Å². The lowest BCUT2D eigenvalue weighted by Gasteiger charge is -2.31. The predicted molar refractivity (Wildman–Crippen MR) is 98.0 cm³/mol. The van der Waals surface area contributed by atoms with Gasteiger partial charge in [0, 0.05) is 17.7 Å². The van der Waals surface area contributed by atoms with Crippen LogP contribution in [-0.2, 0) is 10.5 Å². The van der Waals surface area contributed by atoms with Gasteiger partial charge < -0.3 is 14.6 Å². The third-order valence-corrected chi connectivity index (χ3v) is 4.34.